The number of thiazole rings is 1. The summed E-state index contributed by atoms with van der Waals surface area (Å²) >= 11 is 1.74. The van der Waals surface area contributed by atoms with Gasteiger partial charge in [0, 0.05) is 18.0 Å². The minimum Gasteiger partial charge on any atom is -0.306 e. The van der Waals surface area contributed by atoms with E-state index in [1.807, 2.05) is 5.51 Å². The third-order valence-electron chi connectivity index (χ3n) is 1.30. The highest BCUT2D eigenvalue weighted by Gasteiger charge is 2.10. The Morgan fingerprint density at radius 1 is 1.56 bits per heavy atom. The van der Waals surface area contributed by atoms with Gasteiger partial charge in [0.2, 0.25) is 0 Å². The number of halogens is 1. The molecule has 0 aliphatic carbocycles. The lowest BCUT2D eigenvalue weighted by molar-refractivity contribution is 0.758. The zero-order valence-corrected chi connectivity index (χ0v) is 7.28. The molecule has 0 aromatic carbocycles. The Labute approximate surface area is 68.1 Å². The molecule has 0 saturated carbocycles. The summed E-state index contributed by atoms with van der Waals surface area (Å²) in [4.78, 5) is 5.56. The number of aromatic nitrogens is 1. The quantitative estimate of drug-likeness (QED) is 0.694. The molecule has 0 fully saturated rings. The summed E-state index contributed by atoms with van der Waals surface area (Å²) in [5.74, 6) is 0. The number of nitrogens with zero attached hydrogens (tertiary/aromatic N) is 1. The summed E-state index contributed by atoms with van der Waals surface area (Å²) in [5.41, 5.74) is 3.15. The fraction of sp³-hybridized carbons (Fsp3) is 0.400. The molecule has 9 heavy (non-hydrogen) atoms. The van der Waals surface area contributed by atoms with Crippen LogP contribution < -0.4 is 5.32 Å². The number of rotatable bonds is 0. The van der Waals surface area contributed by atoms with Crippen LogP contribution in [0, 0.1) is 0 Å². The van der Waals surface area contributed by atoms with Gasteiger partial charge >= 0.3 is 0 Å². The molecule has 1 aromatic heterocycles. The summed E-state index contributed by atoms with van der Waals surface area (Å²) in [7, 11) is 0. The standard InChI is InChI=1S/C5H6N2S.BrH/c1-4-5(2-6-1)8-3-7-4;/h3,6H,1-2H2;1H. The van der Waals surface area contributed by atoms with Crippen LogP contribution in [0.5, 0.6) is 0 Å². The van der Waals surface area contributed by atoms with Crippen molar-refractivity contribution in [1.29, 1.82) is 0 Å². The number of hydrogen-bond donors (Lipinski definition) is 1. The molecule has 1 aliphatic rings. The van der Waals surface area contributed by atoms with Crippen molar-refractivity contribution in [2.75, 3.05) is 0 Å². The minimum atomic E-state index is 0. The van der Waals surface area contributed by atoms with Crippen LogP contribution in [0.1, 0.15) is 10.6 Å². The lowest BCUT2D eigenvalue weighted by Gasteiger charge is -1.81. The molecule has 0 unspecified atom stereocenters. The predicted molar refractivity (Wildman–Crippen MR) is 43.0 cm³/mol. The van der Waals surface area contributed by atoms with Gasteiger partial charge in [-0.15, -0.1) is 28.3 Å². The maximum Gasteiger partial charge on any atom is 0.0798 e. The highest BCUT2D eigenvalue weighted by Crippen LogP contribution is 2.16. The van der Waals surface area contributed by atoms with Gasteiger partial charge in [-0.1, -0.05) is 0 Å². The number of nitrogens with one attached hydrogen (secondary N) is 1. The maximum absolute atomic E-state index is 4.15. The van der Waals surface area contributed by atoms with Gasteiger partial charge in [0.05, 0.1) is 11.2 Å². The van der Waals surface area contributed by atoms with Crippen molar-refractivity contribution in [3.05, 3.63) is 16.1 Å². The molecule has 50 valence electrons. The summed E-state index contributed by atoms with van der Waals surface area (Å²) in [6.45, 7) is 2.00. The van der Waals surface area contributed by atoms with Gasteiger partial charge in [-0.05, 0) is 0 Å². The Kier molecular flexibility index (Phi) is 2.21. The van der Waals surface area contributed by atoms with Crippen LogP contribution in [0.4, 0.5) is 0 Å². The van der Waals surface area contributed by atoms with E-state index in [1.54, 1.807) is 11.3 Å². The second kappa shape index (κ2) is 2.77. The van der Waals surface area contributed by atoms with E-state index in [2.05, 4.69) is 10.3 Å². The van der Waals surface area contributed by atoms with Crippen LogP contribution in [-0.2, 0) is 13.1 Å². The van der Waals surface area contributed by atoms with Crippen LogP contribution in [-0.4, -0.2) is 4.98 Å². The first-order chi connectivity index (χ1) is 3.97. The van der Waals surface area contributed by atoms with Gasteiger partial charge in [0.1, 0.15) is 0 Å². The van der Waals surface area contributed by atoms with Gasteiger partial charge in [-0.25, -0.2) is 4.98 Å². The Balaban J connectivity index is 0.000000405. The molecule has 2 rings (SSSR count). The summed E-state index contributed by atoms with van der Waals surface area (Å²) < 4.78 is 0. The first-order valence-corrected chi connectivity index (χ1v) is 3.47. The topological polar surface area (TPSA) is 24.9 Å². The molecule has 0 amide bonds. The largest absolute Gasteiger partial charge is 0.306 e. The van der Waals surface area contributed by atoms with Gasteiger partial charge in [0.25, 0.3) is 0 Å². The molecule has 0 spiro atoms. The molecular weight excluding hydrogens is 200 g/mol. The van der Waals surface area contributed by atoms with Crippen molar-refractivity contribution >= 4 is 28.3 Å². The van der Waals surface area contributed by atoms with E-state index >= 15 is 0 Å². The monoisotopic (exact) mass is 206 g/mol. The van der Waals surface area contributed by atoms with Gasteiger partial charge < -0.3 is 5.32 Å². The molecule has 0 bridgehead atoms. The smallest absolute Gasteiger partial charge is 0.0798 e. The van der Waals surface area contributed by atoms with E-state index in [0.717, 1.165) is 13.1 Å². The van der Waals surface area contributed by atoms with Crippen molar-refractivity contribution < 1.29 is 0 Å². The van der Waals surface area contributed by atoms with Crippen LogP contribution in [0.15, 0.2) is 5.51 Å². The summed E-state index contributed by atoms with van der Waals surface area (Å²) in [6, 6.07) is 0. The lowest BCUT2D eigenvalue weighted by Crippen LogP contribution is -2.00. The molecular formula is C5H7BrN2S. The van der Waals surface area contributed by atoms with Crippen molar-refractivity contribution in [1.82, 2.24) is 10.3 Å². The maximum atomic E-state index is 4.15. The van der Waals surface area contributed by atoms with Crippen LogP contribution in [0.25, 0.3) is 0 Å². The van der Waals surface area contributed by atoms with E-state index < -0.39 is 0 Å². The third kappa shape index (κ3) is 1.15. The first kappa shape index (κ1) is 7.18. The normalized spacial score (nSPS) is 14.7. The second-order valence-electron chi connectivity index (χ2n) is 1.83. The second-order valence-corrected chi connectivity index (χ2v) is 2.77. The minimum absolute atomic E-state index is 0. The zero-order valence-electron chi connectivity index (χ0n) is 4.76. The Hall–Kier alpha value is 0.0700. The van der Waals surface area contributed by atoms with Crippen molar-refractivity contribution in [2.45, 2.75) is 13.1 Å². The molecule has 0 saturated heterocycles. The molecule has 4 heteroatoms. The highest BCUT2D eigenvalue weighted by molar-refractivity contribution is 8.93. The number of fused-ring (bicyclic) bond motifs is 1. The fourth-order valence-electron chi connectivity index (χ4n) is 0.876. The van der Waals surface area contributed by atoms with Crippen molar-refractivity contribution in [2.24, 2.45) is 0 Å². The lowest BCUT2D eigenvalue weighted by atomic mass is 10.4. The average molecular weight is 207 g/mol. The molecule has 1 aliphatic heterocycles. The molecule has 0 radical (unpaired) electrons. The van der Waals surface area contributed by atoms with Crippen molar-refractivity contribution in [3.8, 4) is 0 Å². The summed E-state index contributed by atoms with van der Waals surface area (Å²) in [5, 5.41) is 3.22. The van der Waals surface area contributed by atoms with Crippen LogP contribution in [0.3, 0.4) is 0 Å². The molecule has 2 heterocycles. The van der Waals surface area contributed by atoms with E-state index in [1.165, 1.54) is 10.6 Å². The van der Waals surface area contributed by atoms with E-state index in [0.29, 0.717) is 0 Å². The highest BCUT2D eigenvalue weighted by atomic mass is 79.9. The third-order valence-corrected chi connectivity index (χ3v) is 2.18. The zero-order chi connectivity index (χ0) is 5.40. The van der Waals surface area contributed by atoms with Crippen LogP contribution in [0.2, 0.25) is 0 Å². The molecule has 1 aromatic rings. The number of hydrogen-bond acceptors (Lipinski definition) is 3. The average Bonchev–Trinajstić information content (AvgIpc) is 2.15. The van der Waals surface area contributed by atoms with Gasteiger partial charge in [-0.3, -0.25) is 0 Å². The Morgan fingerprint density at radius 2 is 2.44 bits per heavy atom. The summed E-state index contributed by atoms with van der Waals surface area (Å²) in [6.07, 6.45) is 0. The molecule has 0 atom stereocenters. The van der Waals surface area contributed by atoms with E-state index in [4.69, 9.17) is 0 Å². The molecule has 1 N–H and O–H groups in total. The first-order valence-electron chi connectivity index (χ1n) is 2.59. The fourth-order valence-corrected chi connectivity index (χ4v) is 1.63. The predicted octanol–water partition coefficient (Wildman–Crippen LogP) is 1.32. The Bertz CT molecular complexity index is 180. The van der Waals surface area contributed by atoms with Gasteiger partial charge in [-0.2, -0.15) is 0 Å². The van der Waals surface area contributed by atoms with Crippen molar-refractivity contribution in [3.63, 3.8) is 0 Å². The van der Waals surface area contributed by atoms with E-state index in [9.17, 15) is 0 Å². The molecule has 2 nitrogen and oxygen atoms in total. The Morgan fingerprint density at radius 3 is 3.22 bits per heavy atom. The van der Waals surface area contributed by atoms with Gasteiger partial charge in [0.15, 0.2) is 0 Å². The van der Waals surface area contributed by atoms with Crippen LogP contribution >= 0.6 is 28.3 Å². The SMILES string of the molecule is Br.c1nc2c(s1)CNC2. The van der Waals surface area contributed by atoms with E-state index in [-0.39, 0.29) is 17.0 Å².